The van der Waals surface area contributed by atoms with Crippen molar-refractivity contribution in [1.29, 1.82) is 5.26 Å². The summed E-state index contributed by atoms with van der Waals surface area (Å²) in [6.45, 7) is 8.20. The molecule has 0 aliphatic carbocycles. The second-order valence-electron chi connectivity index (χ2n) is 5.18. The summed E-state index contributed by atoms with van der Waals surface area (Å²) in [6.07, 6.45) is 2.24. The van der Waals surface area contributed by atoms with Crippen LogP contribution in [0.4, 0.5) is 4.39 Å². The zero-order chi connectivity index (χ0) is 16.4. The van der Waals surface area contributed by atoms with E-state index < -0.39 is 5.82 Å². The molecule has 0 fully saturated rings. The van der Waals surface area contributed by atoms with Crippen LogP contribution in [0.15, 0.2) is 23.2 Å². The van der Waals surface area contributed by atoms with Crippen LogP contribution >= 0.6 is 0 Å². The molecule has 0 amide bonds. The lowest BCUT2D eigenvalue weighted by Crippen LogP contribution is -2.39. The number of hydrogen-bond acceptors (Lipinski definition) is 2. The molecule has 1 rings (SSSR count). The van der Waals surface area contributed by atoms with Crippen LogP contribution < -0.4 is 10.6 Å². The van der Waals surface area contributed by atoms with Gasteiger partial charge in [0.25, 0.3) is 0 Å². The Morgan fingerprint density at radius 3 is 2.55 bits per heavy atom. The Morgan fingerprint density at radius 2 is 2.00 bits per heavy atom. The van der Waals surface area contributed by atoms with Crippen LogP contribution in [0, 0.1) is 23.1 Å². The van der Waals surface area contributed by atoms with Gasteiger partial charge in [-0.1, -0.05) is 32.8 Å². The van der Waals surface area contributed by atoms with Crippen LogP contribution in [-0.4, -0.2) is 19.0 Å². The Kier molecular flexibility index (Phi) is 7.98. The van der Waals surface area contributed by atoms with Crippen molar-refractivity contribution < 1.29 is 4.39 Å². The number of nitrogens with zero attached hydrogens (tertiary/aromatic N) is 2. The van der Waals surface area contributed by atoms with Gasteiger partial charge < -0.3 is 10.6 Å². The molecule has 0 saturated carbocycles. The lowest BCUT2D eigenvalue weighted by molar-refractivity contribution is 0.481. The van der Waals surface area contributed by atoms with E-state index in [0.29, 0.717) is 23.0 Å². The van der Waals surface area contributed by atoms with Crippen LogP contribution in [0.5, 0.6) is 0 Å². The van der Waals surface area contributed by atoms with Gasteiger partial charge in [-0.2, -0.15) is 5.26 Å². The third kappa shape index (κ3) is 5.72. The number of guanidine groups is 1. The first-order valence-corrected chi connectivity index (χ1v) is 7.85. The maximum Gasteiger partial charge on any atom is 0.191 e. The van der Waals surface area contributed by atoms with Gasteiger partial charge in [-0.3, -0.25) is 0 Å². The van der Waals surface area contributed by atoms with E-state index in [1.54, 1.807) is 12.1 Å². The summed E-state index contributed by atoms with van der Waals surface area (Å²) < 4.78 is 13.8. The third-order valence-electron chi connectivity index (χ3n) is 3.65. The number of benzene rings is 1. The van der Waals surface area contributed by atoms with Crippen molar-refractivity contribution in [3.05, 3.63) is 35.1 Å². The summed E-state index contributed by atoms with van der Waals surface area (Å²) in [5.74, 6) is 0.910. The van der Waals surface area contributed by atoms with Crippen molar-refractivity contribution >= 4 is 5.96 Å². The van der Waals surface area contributed by atoms with E-state index in [1.807, 2.05) is 13.0 Å². The average molecular weight is 304 g/mol. The van der Waals surface area contributed by atoms with Crippen molar-refractivity contribution in [1.82, 2.24) is 10.6 Å². The number of aliphatic imine (C=N–C) groups is 1. The minimum Gasteiger partial charge on any atom is -0.357 e. The zero-order valence-corrected chi connectivity index (χ0v) is 13.6. The average Bonchev–Trinajstić information content (AvgIpc) is 2.54. The van der Waals surface area contributed by atoms with Gasteiger partial charge in [0, 0.05) is 18.7 Å². The van der Waals surface area contributed by atoms with Crippen molar-refractivity contribution in [3.63, 3.8) is 0 Å². The van der Waals surface area contributed by atoms with E-state index >= 15 is 0 Å². The Morgan fingerprint density at radius 1 is 1.27 bits per heavy atom. The Labute approximate surface area is 132 Å². The number of nitriles is 1. The molecule has 0 aliphatic rings. The first-order valence-electron chi connectivity index (χ1n) is 7.85. The summed E-state index contributed by atoms with van der Waals surface area (Å²) in [7, 11) is 0. The molecule has 0 aromatic heterocycles. The van der Waals surface area contributed by atoms with Gasteiger partial charge in [0.15, 0.2) is 5.96 Å². The monoisotopic (exact) mass is 304 g/mol. The molecule has 0 radical (unpaired) electrons. The van der Waals surface area contributed by atoms with Gasteiger partial charge in [0.1, 0.15) is 5.82 Å². The standard InChI is InChI=1S/C17H25FN4/c1-4-13(5-2)11-21-17(20-6-3)22-12-15-8-7-14(10-19)9-16(15)18/h7-9,13H,4-6,11-12H2,1-3H3,(H2,20,21,22). The second-order valence-corrected chi connectivity index (χ2v) is 5.18. The van der Waals surface area contributed by atoms with Gasteiger partial charge in [-0.05, 0) is 25.0 Å². The summed E-state index contributed by atoms with van der Waals surface area (Å²) in [5, 5.41) is 15.2. The van der Waals surface area contributed by atoms with E-state index in [1.165, 1.54) is 6.07 Å². The van der Waals surface area contributed by atoms with Gasteiger partial charge in [0.2, 0.25) is 0 Å². The number of nitrogens with one attached hydrogen (secondary N) is 2. The highest BCUT2D eigenvalue weighted by molar-refractivity contribution is 5.79. The predicted molar refractivity (Wildman–Crippen MR) is 88.0 cm³/mol. The maximum atomic E-state index is 13.8. The number of rotatable bonds is 7. The minimum atomic E-state index is -0.390. The van der Waals surface area contributed by atoms with Gasteiger partial charge in [-0.15, -0.1) is 0 Å². The Bertz CT molecular complexity index is 530. The largest absolute Gasteiger partial charge is 0.357 e. The second kappa shape index (κ2) is 9.78. The first kappa shape index (κ1) is 18.0. The van der Waals surface area contributed by atoms with E-state index in [0.717, 1.165) is 25.9 Å². The SMILES string of the molecule is CCNC(=NCc1ccc(C#N)cc1F)NCC(CC)CC. The van der Waals surface area contributed by atoms with E-state index in [2.05, 4.69) is 29.5 Å². The molecule has 1 aromatic carbocycles. The van der Waals surface area contributed by atoms with Crippen molar-refractivity contribution in [3.8, 4) is 6.07 Å². The van der Waals surface area contributed by atoms with Crippen LogP contribution in [0.25, 0.3) is 0 Å². The zero-order valence-electron chi connectivity index (χ0n) is 13.6. The lowest BCUT2D eigenvalue weighted by atomic mass is 10.0. The first-order chi connectivity index (χ1) is 10.6. The predicted octanol–water partition coefficient (Wildman–Crippen LogP) is 3.19. The molecule has 0 bridgehead atoms. The fraction of sp³-hybridized carbons (Fsp3) is 0.529. The maximum absolute atomic E-state index is 13.8. The molecule has 120 valence electrons. The molecular formula is C17H25FN4. The summed E-state index contributed by atoms with van der Waals surface area (Å²) in [6, 6.07) is 6.39. The smallest absolute Gasteiger partial charge is 0.191 e. The molecule has 0 spiro atoms. The van der Waals surface area contributed by atoms with Gasteiger partial charge in [0.05, 0.1) is 18.2 Å². The molecule has 0 heterocycles. The number of halogens is 1. The van der Waals surface area contributed by atoms with Gasteiger partial charge >= 0.3 is 0 Å². The molecule has 0 aliphatic heterocycles. The van der Waals surface area contributed by atoms with Crippen LogP contribution in [0.2, 0.25) is 0 Å². The third-order valence-corrected chi connectivity index (χ3v) is 3.65. The molecule has 22 heavy (non-hydrogen) atoms. The Balaban J connectivity index is 2.71. The molecule has 1 aromatic rings. The normalized spacial score (nSPS) is 11.4. The highest BCUT2D eigenvalue weighted by atomic mass is 19.1. The van der Waals surface area contributed by atoms with Gasteiger partial charge in [-0.25, -0.2) is 9.38 Å². The quantitative estimate of drug-likeness (QED) is 0.601. The molecule has 4 nitrogen and oxygen atoms in total. The Hall–Kier alpha value is -2.09. The fourth-order valence-corrected chi connectivity index (χ4v) is 2.07. The molecule has 0 atom stereocenters. The topological polar surface area (TPSA) is 60.2 Å². The summed E-state index contributed by atoms with van der Waals surface area (Å²) in [5.41, 5.74) is 0.808. The molecule has 0 unspecified atom stereocenters. The lowest BCUT2D eigenvalue weighted by Gasteiger charge is -2.16. The molecule has 2 N–H and O–H groups in total. The summed E-state index contributed by atoms with van der Waals surface area (Å²) >= 11 is 0. The molecule has 5 heteroatoms. The van der Waals surface area contributed by atoms with E-state index in [4.69, 9.17) is 5.26 Å². The van der Waals surface area contributed by atoms with E-state index in [9.17, 15) is 4.39 Å². The van der Waals surface area contributed by atoms with Crippen molar-refractivity contribution in [2.75, 3.05) is 13.1 Å². The van der Waals surface area contributed by atoms with Crippen molar-refractivity contribution in [2.45, 2.75) is 40.2 Å². The van der Waals surface area contributed by atoms with Crippen LogP contribution in [-0.2, 0) is 6.54 Å². The fourth-order valence-electron chi connectivity index (χ4n) is 2.07. The van der Waals surface area contributed by atoms with E-state index in [-0.39, 0.29) is 6.54 Å². The molecular weight excluding hydrogens is 279 g/mol. The minimum absolute atomic E-state index is 0.246. The highest BCUT2D eigenvalue weighted by Gasteiger charge is 2.06. The highest BCUT2D eigenvalue weighted by Crippen LogP contribution is 2.11. The van der Waals surface area contributed by atoms with Crippen LogP contribution in [0.1, 0.15) is 44.7 Å². The molecule has 0 saturated heterocycles. The summed E-state index contributed by atoms with van der Waals surface area (Å²) in [4.78, 5) is 4.41. The number of hydrogen-bond donors (Lipinski definition) is 2. The van der Waals surface area contributed by atoms with Crippen LogP contribution in [0.3, 0.4) is 0 Å². The van der Waals surface area contributed by atoms with Crippen molar-refractivity contribution in [2.24, 2.45) is 10.9 Å².